The Balaban J connectivity index is 2.06. The van der Waals surface area contributed by atoms with E-state index in [1.807, 2.05) is 37.3 Å². The molecule has 0 spiro atoms. The number of carbonyl (C=O) groups is 1. The molecule has 1 amide bonds. The van der Waals surface area contributed by atoms with Crippen LogP contribution in [0.1, 0.15) is 42.5 Å². The van der Waals surface area contributed by atoms with Gasteiger partial charge in [-0.2, -0.15) is 5.10 Å². The molecule has 0 saturated carbocycles. The fourth-order valence-electron chi connectivity index (χ4n) is 2.50. The molecule has 2 aromatic heterocycles. The first-order chi connectivity index (χ1) is 11.8. The van der Waals surface area contributed by atoms with Gasteiger partial charge >= 0.3 is 0 Å². The molecule has 25 heavy (non-hydrogen) atoms. The number of hydrogen-bond donors (Lipinski definition) is 1. The zero-order chi connectivity index (χ0) is 18.2. The van der Waals surface area contributed by atoms with Crippen LogP contribution in [0, 0.1) is 6.92 Å². The normalized spacial score (nSPS) is 11.6. The van der Waals surface area contributed by atoms with Crippen molar-refractivity contribution >= 4 is 11.7 Å². The van der Waals surface area contributed by atoms with Gasteiger partial charge in [-0.1, -0.05) is 44.2 Å². The summed E-state index contributed by atoms with van der Waals surface area (Å²) in [7, 11) is 1.68. The molecule has 2 heterocycles. The van der Waals surface area contributed by atoms with Crippen molar-refractivity contribution in [3.8, 4) is 5.69 Å². The van der Waals surface area contributed by atoms with Gasteiger partial charge in [0.1, 0.15) is 11.5 Å². The second-order valence-electron chi connectivity index (χ2n) is 7.06. The zero-order valence-electron chi connectivity index (χ0n) is 15.1. The first-order valence-electron chi connectivity index (χ1n) is 8.10. The van der Waals surface area contributed by atoms with Gasteiger partial charge < -0.3 is 5.32 Å². The van der Waals surface area contributed by atoms with Crippen molar-refractivity contribution in [2.45, 2.75) is 33.1 Å². The van der Waals surface area contributed by atoms with Crippen LogP contribution < -0.4 is 5.32 Å². The highest BCUT2D eigenvalue weighted by Gasteiger charge is 2.23. The number of aromatic nitrogens is 5. The number of nitrogens with zero attached hydrogens (tertiary/aromatic N) is 5. The van der Waals surface area contributed by atoms with Crippen molar-refractivity contribution < 1.29 is 4.79 Å². The Morgan fingerprint density at radius 2 is 1.92 bits per heavy atom. The van der Waals surface area contributed by atoms with Crippen LogP contribution in [-0.4, -0.2) is 30.7 Å². The zero-order valence-corrected chi connectivity index (χ0v) is 15.1. The van der Waals surface area contributed by atoms with Crippen molar-refractivity contribution in [3.63, 3.8) is 0 Å². The number of carbonyl (C=O) groups excluding carboxylic acids is 1. The second kappa shape index (κ2) is 6.16. The molecular formula is C18H22N6O. The summed E-state index contributed by atoms with van der Waals surface area (Å²) in [4.78, 5) is 12.6. The molecule has 0 saturated heterocycles. The minimum atomic E-state index is -0.275. The molecule has 0 unspecified atom stereocenters. The molecule has 0 bridgehead atoms. The van der Waals surface area contributed by atoms with Gasteiger partial charge in [-0.25, -0.2) is 9.36 Å². The van der Waals surface area contributed by atoms with Gasteiger partial charge in [0.05, 0.1) is 17.6 Å². The minimum absolute atomic E-state index is 0.137. The summed E-state index contributed by atoms with van der Waals surface area (Å²) < 4.78 is 3.21. The lowest BCUT2D eigenvalue weighted by molar-refractivity contribution is 0.101. The molecule has 3 aromatic rings. The van der Waals surface area contributed by atoms with E-state index >= 15 is 0 Å². The summed E-state index contributed by atoms with van der Waals surface area (Å²) in [5, 5.41) is 15.2. The Kier molecular flexibility index (Phi) is 4.16. The number of nitrogens with one attached hydrogen (secondary N) is 1. The smallest absolute Gasteiger partial charge is 0.276 e. The van der Waals surface area contributed by atoms with Crippen LogP contribution in [0.4, 0.5) is 5.82 Å². The van der Waals surface area contributed by atoms with Crippen LogP contribution in [0.25, 0.3) is 5.69 Å². The first kappa shape index (κ1) is 16.9. The lowest BCUT2D eigenvalue weighted by atomic mass is 9.92. The van der Waals surface area contributed by atoms with E-state index in [-0.39, 0.29) is 11.3 Å². The van der Waals surface area contributed by atoms with Crippen molar-refractivity contribution in [1.29, 1.82) is 0 Å². The Hall–Kier alpha value is -2.96. The molecule has 1 N–H and O–H groups in total. The highest BCUT2D eigenvalue weighted by atomic mass is 16.2. The maximum Gasteiger partial charge on any atom is 0.276 e. The minimum Gasteiger partial charge on any atom is -0.305 e. The summed E-state index contributed by atoms with van der Waals surface area (Å²) in [6, 6.07) is 9.85. The van der Waals surface area contributed by atoms with Gasteiger partial charge in [-0.05, 0) is 18.6 Å². The van der Waals surface area contributed by atoms with Crippen molar-refractivity contribution in [2.24, 2.45) is 7.05 Å². The van der Waals surface area contributed by atoms with E-state index in [4.69, 9.17) is 5.10 Å². The lowest BCUT2D eigenvalue weighted by Gasteiger charge is -2.14. The van der Waals surface area contributed by atoms with E-state index in [1.165, 1.54) is 10.9 Å². The summed E-state index contributed by atoms with van der Waals surface area (Å²) in [6.07, 6.45) is 1.44. The molecule has 0 aliphatic carbocycles. The van der Waals surface area contributed by atoms with E-state index < -0.39 is 0 Å². The van der Waals surface area contributed by atoms with Gasteiger partial charge in [-0.15, -0.1) is 5.10 Å². The number of rotatable bonds is 3. The monoisotopic (exact) mass is 338 g/mol. The van der Waals surface area contributed by atoms with Crippen molar-refractivity contribution in [1.82, 2.24) is 24.8 Å². The van der Waals surface area contributed by atoms with Crippen LogP contribution in [-0.2, 0) is 12.5 Å². The van der Waals surface area contributed by atoms with Crippen molar-refractivity contribution in [2.75, 3.05) is 5.32 Å². The molecule has 0 radical (unpaired) electrons. The highest BCUT2D eigenvalue weighted by Crippen LogP contribution is 2.27. The van der Waals surface area contributed by atoms with E-state index in [9.17, 15) is 4.79 Å². The van der Waals surface area contributed by atoms with E-state index in [0.29, 0.717) is 11.5 Å². The Morgan fingerprint density at radius 3 is 2.52 bits per heavy atom. The first-order valence-corrected chi connectivity index (χ1v) is 8.10. The Bertz CT molecular complexity index is 916. The number of aryl methyl sites for hydroxylation is 2. The summed E-state index contributed by atoms with van der Waals surface area (Å²) in [5.74, 6) is 0.341. The summed E-state index contributed by atoms with van der Waals surface area (Å²) in [6.45, 7) is 8.29. The van der Waals surface area contributed by atoms with Crippen LogP contribution in [0.5, 0.6) is 0 Å². The largest absolute Gasteiger partial charge is 0.305 e. The lowest BCUT2D eigenvalue weighted by Crippen LogP contribution is -2.18. The van der Waals surface area contributed by atoms with Crippen LogP contribution >= 0.6 is 0 Å². The molecule has 0 atom stereocenters. The standard InChI is InChI=1S/C18H22N6O/c1-12-8-6-7-9-13(12)24-16(10-15(21-24)18(2,3)4)20-17(25)14-11-19-22-23(14)5/h6-11H,1-5H3,(H,20,25). The predicted octanol–water partition coefficient (Wildman–Crippen LogP) is 2.86. The van der Waals surface area contributed by atoms with Gasteiger partial charge in [0.25, 0.3) is 5.91 Å². The molecular weight excluding hydrogens is 316 g/mol. The molecule has 0 aliphatic rings. The average molecular weight is 338 g/mol. The number of benzene rings is 1. The average Bonchev–Trinajstić information content (AvgIpc) is 3.14. The fraction of sp³-hybridized carbons (Fsp3) is 0.333. The summed E-state index contributed by atoms with van der Waals surface area (Å²) >= 11 is 0. The molecule has 7 nitrogen and oxygen atoms in total. The Morgan fingerprint density at radius 1 is 1.20 bits per heavy atom. The molecule has 1 aromatic carbocycles. The highest BCUT2D eigenvalue weighted by molar-refractivity contribution is 6.02. The third-order valence-electron chi connectivity index (χ3n) is 4.01. The molecule has 7 heteroatoms. The van der Waals surface area contributed by atoms with Crippen LogP contribution in [0.15, 0.2) is 36.5 Å². The maximum atomic E-state index is 12.6. The second-order valence-corrected chi connectivity index (χ2v) is 7.06. The Labute approximate surface area is 146 Å². The van der Waals surface area contributed by atoms with Gasteiger partial charge in [0, 0.05) is 18.5 Å². The van der Waals surface area contributed by atoms with Gasteiger partial charge in [0.2, 0.25) is 0 Å². The van der Waals surface area contributed by atoms with E-state index in [1.54, 1.807) is 11.7 Å². The topological polar surface area (TPSA) is 77.6 Å². The molecule has 0 aliphatic heterocycles. The van der Waals surface area contributed by atoms with Crippen molar-refractivity contribution in [3.05, 3.63) is 53.5 Å². The number of anilines is 1. The number of hydrogen-bond acceptors (Lipinski definition) is 4. The predicted molar refractivity (Wildman–Crippen MR) is 96.0 cm³/mol. The van der Waals surface area contributed by atoms with Crippen LogP contribution in [0.3, 0.4) is 0 Å². The fourth-order valence-corrected chi connectivity index (χ4v) is 2.50. The van der Waals surface area contributed by atoms with E-state index in [2.05, 4.69) is 36.4 Å². The van der Waals surface area contributed by atoms with E-state index in [0.717, 1.165) is 16.9 Å². The molecule has 130 valence electrons. The maximum absolute atomic E-state index is 12.6. The quantitative estimate of drug-likeness (QED) is 0.796. The van der Waals surface area contributed by atoms with Crippen LogP contribution in [0.2, 0.25) is 0 Å². The third kappa shape index (κ3) is 3.31. The SMILES string of the molecule is Cc1ccccc1-n1nc(C(C)(C)C)cc1NC(=O)c1cnnn1C. The number of para-hydroxylation sites is 1. The summed E-state index contributed by atoms with van der Waals surface area (Å²) in [5.41, 5.74) is 3.14. The third-order valence-corrected chi connectivity index (χ3v) is 4.01. The number of amides is 1. The molecule has 3 rings (SSSR count). The van der Waals surface area contributed by atoms with Gasteiger partial charge in [0.15, 0.2) is 0 Å². The molecule has 0 fully saturated rings. The van der Waals surface area contributed by atoms with Gasteiger partial charge in [-0.3, -0.25) is 4.79 Å².